The fraction of sp³-hybridized carbons (Fsp3) is 0.231. The summed E-state index contributed by atoms with van der Waals surface area (Å²) in [7, 11) is 0. The lowest BCUT2D eigenvalue weighted by atomic mass is 9.87. The molecule has 0 heterocycles. The van der Waals surface area contributed by atoms with E-state index >= 15 is 0 Å². The number of carbonyl (C=O) groups is 1. The van der Waals surface area contributed by atoms with Crippen molar-refractivity contribution < 1.29 is 27.8 Å². The van der Waals surface area contributed by atoms with Gasteiger partial charge in [-0.3, -0.25) is 4.79 Å². The van der Waals surface area contributed by atoms with E-state index in [1.54, 1.807) is 50.2 Å². The van der Waals surface area contributed by atoms with E-state index in [9.17, 15) is 18.8 Å². The third kappa shape index (κ3) is 6.07. The predicted octanol–water partition coefficient (Wildman–Crippen LogP) is 6.47. The third-order valence-corrected chi connectivity index (χ3v) is 4.93. The van der Waals surface area contributed by atoms with Gasteiger partial charge in [-0.1, -0.05) is 50.2 Å². The van der Waals surface area contributed by atoms with Gasteiger partial charge < -0.3 is 14.2 Å². The highest BCUT2D eigenvalue weighted by Gasteiger charge is 2.31. The van der Waals surface area contributed by atoms with E-state index < -0.39 is 30.7 Å². The van der Waals surface area contributed by atoms with E-state index in [0.717, 1.165) is 12.1 Å². The monoisotopic (exact) mass is 451 g/mol. The number of ether oxygens (including phenoxy) is 3. The Morgan fingerprint density at radius 1 is 1.00 bits per heavy atom. The van der Waals surface area contributed by atoms with Gasteiger partial charge in [0.05, 0.1) is 5.92 Å². The highest BCUT2D eigenvalue weighted by Crippen LogP contribution is 2.35. The summed E-state index contributed by atoms with van der Waals surface area (Å²) in [6.07, 6.45) is -1.20. The minimum atomic E-state index is -1.20. The summed E-state index contributed by atoms with van der Waals surface area (Å²) in [6.45, 7) is 2.36. The van der Waals surface area contributed by atoms with Crippen molar-refractivity contribution in [2.24, 2.45) is 5.92 Å². The molecule has 3 rings (SSSR count). The van der Waals surface area contributed by atoms with E-state index in [4.69, 9.17) is 14.2 Å². The van der Waals surface area contributed by atoms with Gasteiger partial charge in [0.15, 0.2) is 0 Å². The van der Waals surface area contributed by atoms with Crippen LogP contribution in [0.4, 0.5) is 8.78 Å². The SMILES string of the molecule is CC(C)C(C(=O)OC(C#N)c1cccc(Oc2ccccc2)c1)c1ccc(F)cc1OCF. The lowest BCUT2D eigenvalue weighted by molar-refractivity contribution is -0.150. The van der Waals surface area contributed by atoms with Crippen molar-refractivity contribution in [3.63, 3.8) is 0 Å². The fourth-order valence-corrected chi connectivity index (χ4v) is 3.43. The molecule has 0 aromatic heterocycles. The van der Waals surface area contributed by atoms with Crippen molar-refractivity contribution >= 4 is 5.97 Å². The van der Waals surface area contributed by atoms with Gasteiger partial charge in [0.1, 0.15) is 29.1 Å². The second-order valence-corrected chi connectivity index (χ2v) is 7.59. The Morgan fingerprint density at radius 3 is 2.39 bits per heavy atom. The van der Waals surface area contributed by atoms with Crippen LogP contribution in [0.5, 0.6) is 17.2 Å². The van der Waals surface area contributed by atoms with Gasteiger partial charge in [-0.2, -0.15) is 5.26 Å². The third-order valence-electron chi connectivity index (χ3n) is 4.93. The molecule has 170 valence electrons. The van der Waals surface area contributed by atoms with E-state index in [0.29, 0.717) is 17.1 Å². The van der Waals surface area contributed by atoms with E-state index in [1.807, 2.05) is 24.3 Å². The van der Waals surface area contributed by atoms with Crippen LogP contribution in [-0.2, 0) is 9.53 Å². The molecule has 5 nitrogen and oxygen atoms in total. The summed E-state index contributed by atoms with van der Waals surface area (Å²) >= 11 is 0. The van der Waals surface area contributed by atoms with Gasteiger partial charge in [0, 0.05) is 17.2 Å². The number of nitrogens with zero attached hydrogens (tertiary/aromatic N) is 1. The topological polar surface area (TPSA) is 68.6 Å². The van der Waals surface area contributed by atoms with Crippen molar-refractivity contribution in [2.75, 3.05) is 6.86 Å². The van der Waals surface area contributed by atoms with Crippen LogP contribution in [0.25, 0.3) is 0 Å². The van der Waals surface area contributed by atoms with Gasteiger partial charge in [-0.05, 0) is 36.2 Å². The molecular weight excluding hydrogens is 428 g/mol. The van der Waals surface area contributed by atoms with Gasteiger partial charge in [-0.15, -0.1) is 0 Å². The Labute approximate surface area is 191 Å². The molecule has 0 radical (unpaired) electrons. The highest BCUT2D eigenvalue weighted by molar-refractivity contribution is 5.80. The lowest BCUT2D eigenvalue weighted by Crippen LogP contribution is -2.23. The lowest BCUT2D eigenvalue weighted by Gasteiger charge is -2.23. The quantitative estimate of drug-likeness (QED) is 0.349. The highest BCUT2D eigenvalue weighted by atomic mass is 19.1. The van der Waals surface area contributed by atoms with Crippen molar-refractivity contribution in [3.05, 3.63) is 89.7 Å². The Kier molecular flexibility index (Phi) is 7.98. The zero-order chi connectivity index (χ0) is 23.8. The van der Waals surface area contributed by atoms with Crippen molar-refractivity contribution in [3.8, 4) is 23.3 Å². The van der Waals surface area contributed by atoms with E-state index in [-0.39, 0.29) is 17.2 Å². The predicted molar refractivity (Wildman–Crippen MR) is 118 cm³/mol. The second kappa shape index (κ2) is 11.1. The number of hydrogen-bond acceptors (Lipinski definition) is 5. The Morgan fingerprint density at radius 2 is 1.73 bits per heavy atom. The molecule has 3 aromatic carbocycles. The maximum Gasteiger partial charge on any atom is 0.315 e. The number of hydrogen-bond donors (Lipinski definition) is 0. The van der Waals surface area contributed by atoms with E-state index in [1.165, 1.54) is 6.07 Å². The molecule has 0 spiro atoms. The van der Waals surface area contributed by atoms with Gasteiger partial charge in [-0.25, -0.2) is 8.78 Å². The first-order valence-electron chi connectivity index (χ1n) is 10.3. The Balaban J connectivity index is 1.84. The van der Waals surface area contributed by atoms with Crippen LogP contribution in [0.15, 0.2) is 72.8 Å². The zero-order valence-corrected chi connectivity index (χ0v) is 18.2. The number of esters is 1. The minimum absolute atomic E-state index is 0.0834. The molecule has 0 bridgehead atoms. The molecule has 2 atom stereocenters. The number of halogens is 2. The molecule has 0 aliphatic rings. The molecule has 3 aromatic rings. The number of rotatable bonds is 9. The van der Waals surface area contributed by atoms with Crippen LogP contribution in [0.3, 0.4) is 0 Å². The first-order chi connectivity index (χ1) is 15.9. The molecule has 0 saturated carbocycles. The fourth-order valence-electron chi connectivity index (χ4n) is 3.43. The molecule has 7 heteroatoms. The molecule has 2 unspecified atom stereocenters. The van der Waals surface area contributed by atoms with Crippen LogP contribution in [-0.4, -0.2) is 12.8 Å². The average Bonchev–Trinajstić information content (AvgIpc) is 2.80. The zero-order valence-electron chi connectivity index (χ0n) is 18.2. The minimum Gasteiger partial charge on any atom is -0.463 e. The first-order valence-corrected chi connectivity index (χ1v) is 10.3. The van der Waals surface area contributed by atoms with Gasteiger partial charge >= 0.3 is 5.97 Å². The Hall–Kier alpha value is -3.92. The molecule has 0 amide bonds. The number of carbonyl (C=O) groups excluding carboxylic acids is 1. The molecule has 0 fully saturated rings. The smallest absolute Gasteiger partial charge is 0.315 e. The molecule has 33 heavy (non-hydrogen) atoms. The number of alkyl halides is 1. The van der Waals surface area contributed by atoms with Crippen LogP contribution < -0.4 is 9.47 Å². The summed E-state index contributed by atoms with van der Waals surface area (Å²) in [4.78, 5) is 13.1. The van der Waals surface area contributed by atoms with Crippen molar-refractivity contribution in [2.45, 2.75) is 25.9 Å². The van der Waals surface area contributed by atoms with Gasteiger partial charge in [0.2, 0.25) is 13.0 Å². The standard InChI is InChI=1S/C26H23F2NO4/c1-17(2)25(22-12-11-19(28)14-23(22)31-16-27)26(30)33-24(15-29)18-7-6-10-21(13-18)32-20-8-4-3-5-9-20/h3-14,17,24-25H,16H2,1-2H3. The molecule has 0 aliphatic carbocycles. The molecular formula is C26H23F2NO4. The summed E-state index contributed by atoms with van der Waals surface area (Å²) < 4.78 is 42.7. The number of benzene rings is 3. The number of para-hydroxylation sites is 1. The largest absolute Gasteiger partial charge is 0.463 e. The summed E-state index contributed by atoms with van der Waals surface area (Å²) in [6, 6.07) is 21.3. The van der Waals surface area contributed by atoms with Gasteiger partial charge in [0.25, 0.3) is 0 Å². The summed E-state index contributed by atoms with van der Waals surface area (Å²) in [5.41, 5.74) is 0.716. The second-order valence-electron chi connectivity index (χ2n) is 7.59. The first kappa shape index (κ1) is 23.7. The maximum atomic E-state index is 13.6. The number of nitriles is 1. The Bertz CT molecular complexity index is 1130. The molecule has 0 saturated heterocycles. The van der Waals surface area contributed by atoms with Crippen molar-refractivity contribution in [1.82, 2.24) is 0 Å². The molecule has 0 N–H and O–H groups in total. The van der Waals surface area contributed by atoms with Crippen LogP contribution >= 0.6 is 0 Å². The molecule has 0 aliphatic heterocycles. The normalized spacial score (nSPS) is 12.5. The average molecular weight is 451 g/mol. The van der Waals surface area contributed by atoms with E-state index in [2.05, 4.69) is 0 Å². The maximum absolute atomic E-state index is 13.6. The van der Waals surface area contributed by atoms with Crippen LogP contribution in [0, 0.1) is 23.1 Å². The van der Waals surface area contributed by atoms with Crippen LogP contribution in [0.1, 0.15) is 37.0 Å². The van der Waals surface area contributed by atoms with Crippen LogP contribution in [0.2, 0.25) is 0 Å². The summed E-state index contributed by atoms with van der Waals surface area (Å²) in [5.74, 6) is -1.50. The van der Waals surface area contributed by atoms with Crippen molar-refractivity contribution in [1.29, 1.82) is 5.26 Å². The summed E-state index contributed by atoms with van der Waals surface area (Å²) in [5, 5.41) is 9.68.